The number of urea groups is 1. The molecule has 0 aliphatic carbocycles. The Bertz CT molecular complexity index is 1820. The number of rotatable bonds is 11. The number of fused-ring (bicyclic) bond motifs is 1. The van der Waals surface area contributed by atoms with E-state index in [2.05, 4.69) is 32.5 Å². The van der Waals surface area contributed by atoms with Crippen LogP contribution >= 0.6 is 23.5 Å². The Morgan fingerprint density at radius 1 is 0.955 bits per heavy atom. The fourth-order valence-electron chi connectivity index (χ4n) is 4.90. The van der Waals surface area contributed by atoms with Crippen molar-refractivity contribution in [3.63, 3.8) is 0 Å². The lowest BCUT2D eigenvalue weighted by molar-refractivity contribution is 0.262. The molecule has 0 aliphatic heterocycles. The van der Waals surface area contributed by atoms with E-state index in [0.29, 0.717) is 46.4 Å². The maximum Gasteiger partial charge on any atom is 0.323 e. The number of hydrogen-bond donors (Lipinski definition) is 2. The first-order valence-electron chi connectivity index (χ1n) is 14.3. The Hall–Kier alpha value is -4.35. The van der Waals surface area contributed by atoms with Crippen LogP contribution in [0.5, 0.6) is 5.75 Å². The number of carbonyl (C=O) groups is 1. The molecule has 4 aromatic heterocycles. The molecule has 2 amide bonds. The zero-order valence-electron chi connectivity index (χ0n) is 25.1. The van der Waals surface area contributed by atoms with Crippen LogP contribution in [0.3, 0.4) is 0 Å². The average Bonchev–Trinajstić information content (AvgIpc) is 3.05. The topological polar surface area (TPSA) is 111 Å². The molecule has 2 N–H and O–H groups in total. The second-order valence-electron chi connectivity index (χ2n) is 10.0. The molecular weight excluding hydrogens is 593 g/mol. The van der Waals surface area contributed by atoms with E-state index in [1.165, 1.54) is 23.5 Å². The number of anilines is 2. The molecule has 0 spiro atoms. The van der Waals surface area contributed by atoms with E-state index in [4.69, 9.17) is 4.74 Å². The molecule has 0 bridgehead atoms. The minimum absolute atomic E-state index is 0.164. The molecule has 44 heavy (non-hydrogen) atoms. The van der Waals surface area contributed by atoms with Gasteiger partial charge in [-0.3, -0.25) is 14.3 Å². The highest BCUT2D eigenvalue weighted by Gasteiger charge is 2.22. The number of nitrogens with zero attached hydrogens (tertiary/aromatic N) is 4. The Morgan fingerprint density at radius 2 is 1.77 bits per heavy atom. The monoisotopic (exact) mass is 626 g/mol. The van der Waals surface area contributed by atoms with Crippen molar-refractivity contribution < 1.29 is 9.53 Å². The van der Waals surface area contributed by atoms with Gasteiger partial charge in [0.2, 0.25) is 0 Å². The summed E-state index contributed by atoms with van der Waals surface area (Å²) in [6.45, 7) is 4.76. The van der Waals surface area contributed by atoms with E-state index < -0.39 is 6.03 Å². The van der Waals surface area contributed by atoms with Crippen LogP contribution in [-0.4, -0.2) is 38.1 Å². The summed E-state index contributed by atoms with van der Waals surface area (Å²) >= 11 is 2.97. The van der Waals surface area contributed by atoms with Crippen molar-refractivity contribution in [1.29, 1.82) is 0 Å². The molecule has 0 unspecified atom stereocenters. The summed E-state index contributed by atoms with van der Waals surface area (Å²) in [5.74, 6) is 0.607. The summed E-state index contributed by atoms with van der Waals surface area (Å²) in [5, 5.41) is 7.34. The van der Waals surface area contributed by atoms with Crippen molar-refractivity contribution in [2.24, 2.45) is 0 Å². The van der Waals surface area contributed by atoms with Crippen LogP contribution in [0.2, 0.25) is 0 Å². The molecule has 0 aliphatic rings. The standard InChI is InChI=1S/C33H34N6O3S2/c1-5-6-17-39-30-25(14-10-16-35-30)27(22-11-9-13-24(19-22)42-20-23-12-7-8-15-34-23)29(32(39)40)38-33(41)37-28-26(43-3)18-21(2)36-31(28)44-4/h7-16,18-19H,5-6,17,20H2,1-4H3,(H2,37,38,41). The van der Waals surface area contributed by atoms with Gasteiger partial charge in [-0.1, -0.05) is 31.5 Å². The molecule has 0 radical (unpaired) electrons. The van der Waals surface area contributed by atoms with Gasteiger partial charge in [-0.2, -0.15) is 0 Å². The third-order valence-electron chi connectivity index (χ3n) is 6.96. The van der Waals surface area contributed by atoms with Crippen LogP contribution in [0.4, 0.5) is 16.2 Å². The number of aromatic nitrogens is 4. The number of hydrogen-bond acceptors (Lipinski definition) is 8. The van der Waals surface area contributed by atoms with Crippen LogP contribution in [0.1, 0.15) is 31.2 Å². The largest absolute Gasteiger partial charge is 0.487 e. The normalized spacial score (nSPS) is 11.0. The highest BCUT2D eigenvalue weighted by molar-refractivity contribution is 7.99. The van der Waals surface area contributed by atoms with Crippen molar-refractivity contribution in [3.8, 4) is 16.9 Å². The number of unbranched alkanes of at least 4 members (excludes halogenated alkanes) is 1. The van der Waals surface area contributed by atoms with Crippen LogP contribution in [0.15, 0.2) is 87.8 Å². The van der Waals surface area contributed by atoms with Gasteiger partial charge in [0.05, 0.1) is 11.4 Å². The van der Waals surface area contributed by atoms with Crippen LogP contribution in [0.25, 0.3) is 22.2 Å². The lowest BCUT2D eigenvalue weighted by atomic mass is 10.00. The molecule has 0 saturated heterocycles. The molecule has 0 fully saturated rings. The van der Waals surface area contributed by atoms with Crippen LogP contribution in [0, 0.1) is 6.92 Å². The Labute approximate surface area is 264 Å². The highest BCUT2D eigenvalue weighted by atomic mass is 32.2. The first kappa shape index (κ1) is 31.1. The Kier molecular flexibility index (Phi) is 10.2. The van der Waals surface area contributed by atoms with Crippen molar-refractivity contribution in [1.82, 2.24) is 19.5 Å². The van der Waals surface area contributed by atoms with Crippen molar-refractivity contribution in [2.75, 3.05) is 23.1 Å². The summed E-state index contributed by atoms with van der Waals surface area (Å²) in [4.78, 5) is 42.3. The van der Waals surface area contributed by atoms with Crippen molar-refractivity contribution in [3.05, 3.63) is 94.8 Å². The fourth-order valence-corrected chi connectivity index (χ4v) is 6.20. The molecule has 0 atom stereocenters. The molecule has 226 valence electrons. The predicted molar refractivity (Wildman–Crippen MR) is 180 cm³/mol. The molecule has 4 heterocycles. The van der Waals surface area contributed by atoms with Gasteiger partial charge in [0.1, 0.15) is 28.7 Å². The molecule has 9 nitrogen and oxygen atoms in total. The molecule has 11 heteroatoms. The second-order valence-corrected chi connectivity index (χ2v) is 11.6. The summed E-state index contributed by atoms with van der Waals surface area (Å²) in [6, 6.07) is 18.3. The number of ether oxygens (including phenoxy) is 1. The zero-order chi connectivity index (χ0) is 31.1. The van der Waals surface area contributed by atoms with E-state index in [0.717, 1.165) is 34.5 Å². The smallest absolute Gasteiger partial charge is 0.323 e. The molecule has 0 saturated carbocycles. The first-order chi connectivity index (χ1) is 21.4. The van der Waals surface area contributed by atoms with Gasteiger partial charge in [-0.25, -0.2) is 14.8 Å². The maximum atomic E-state index is 14.2. The van der Waals surface area contributed by atoms with Crippen molar-refractivity contribution in [2.45, 2.75) is 49.8 Å². The quantitative estimate of drug-likeness (QED) is 0.144. The Balaban J connectivity index is 1.60. The van der Waals surface area contributed by atoms with Crippen molar-refractivity contribution >= 4 is 52.0 Å². The van der Waals surface area contributed by atoms with E-state index in [-0.39, 0.29) is 11.2 Å². The SMILES string of the molecule is CCCCn1c(=O)c(NC(=O)Nc2c(SC)cc(C)nc2SC)c(-c2cccc(OCc3ccccn3)c2)c2cccnc21. The summed E-state index contributed by atoms with van der Waals surface area (Å²) < 4.78 is 7.71. The zero-order valence-corrected chi connectivity index (χ0v) is 26.7. The maximum absolute atomic E-state index is 14.2. The van der Waals surface area contributed by atoms with Crippen LogP contribution < -0.4 is 20.9 Å². The van der Waals surface area contributed by atoms with E-state index in [9.17, 15) is 9.59 Å². The predicted octanol–water partition coefficient (Wildman–Crippen LogP) is 7.63. The summed E-state index contributed by atoms with van der Waals surface area (Å²) in [5.41, 5.74) is 3.94. The van der Waals surface area contributed by atoms with E-state index in [1.807, 2.05) is 80.1 Å². The molecular formula is C33H34N6O3S2. The average molecular weight is 627 g/mol. The third-order valence-corrected chi connectivity index (χ3v) is 8.40. The van der Waals surface area contributed by atoms with E-state index in [1.54, 1.807) is 17.0 Å². The lowest BCUT2D eigenvalue weighted by Gasteiger charge is -2.19. The number of nitrogens with one attached hydrogen (secondary N) is 2. The number of thioether (sulfide) groups is 2. The van der Waals surface area contributed by atoms with Gasteiger partial charge in [-0.05, 0) is 73.9 Å². The first-order valence-corrected chi connectivity index (χ1v) is 16.7. The molecule has 5 rings (SSSR count). The van der Waals surface area contributed by atoms with Gasteiger partial charge < -0.3 is 15.4 Å². The van der Waals surface area contributed by atoms with Gasteiger partial charge in [0.25, 0.3) is 5.56 Å². The van der Waals surface area contributed by atoms with Crippen LogP contribution in [-0.2, 0) is 13.2 Å². The minimum atomic E-state index is -0.535. The Morgan fingerprint density at radius 3 is 2.52 bits per heavy atom. The van der Waals surface area contributed by atoms with Gasteiger partial charge >= 0.3 is 6.03 Å². The number of aryl methyl sites for hydroxylation is 2. The number of benzene rings is 1. The van der Waals surface area contributed by atoms with Gasteiger partial charge in [0, 0.05) is 40.5 Å². The highest BCUT2D eigenvalue weighted by Crippen LogP contribution is 2.36. The fraction of sp³-hybridized carbons (Fsp3) is 0.242. The number of amides is 2. The van der Waals surface area contributed by atoms with Gasteiger partial charge in [0.15, 0.2) is 0 Å². The minimum Gasteiger partial charge on any atom is -0.487 e. The van der Waals surface area contributed by atoms with Gasteiger partial charge in [-0.15, -0.1) is 23.5 Å². The molecule has 5 aromatic rings. The van der Waals surface area contributed by atoms with E-state index >= 15 is 0 Å². The second kappa shape index (κ2) is 14.4. The number of carbonyl (C=O) groups excluding carboxylic acids is 1. The lowest BCUT2D eigenvalue weighted by Crippen LogP contribution is -2.30. The number of pyridine rings is 4. The third kappa shape index (κ3) is 6.89. The summed E-state index contributed by atoms with van der Waals surface area (Å²) in [7, 11) is 0. The molecule has 1 aromatic carbocycles. The summed E-state index contributed by atoms with van der Waals surface area (Å²) in [6.07, 6.45) is 8.96.